The zero-order valence-electron chi connectivity index (χ0n) is 15.7. The first kappa shape index (κ1) is 18.1. The molecule has 0 radical (unpaired) electrons. The highest BCUT2D eigenvalue weighted by atomic mass is 16.5. The maximum absolute atomic E-state index is 12.5. The third kappa shape index (κ3) is 4.04. The summed E-state index contributed by atoms with van der Waals surface area (Å²) in [6.45, 7) is 3.49. The molecule has 27 heavy (non-hydrogen) atoms. The maximum Gasteiger partial charge on any atom is 0.272 e. The molecule has 1 atom stereocenters. The number of pyridine rings is 1. The van der Waals surface area contributed by atoms with Gasteiger partial charge in [-0.3, -0.25) is 14.5 Å². The Hall–Kier alpha value is -2.25. The van der Waals surface area contributed by atoms with E-state index in [1.807, 2.05) is 17.0 Å². The molecule has 2 saturated heterocycles. The summed E-state index contributed by atoms with van der Waals surface area (Å²) in [6, 6.07) is 5.72. The highest BCUT2D eigenvalue weighted by Crippen LogP contribution is 2.38. The van der Waals surface area contributed by atoms with Crippen molar-refractivity contribution in [3.05, 3.63) is 48.0 Å². The Labute approximate surface area is 159 Å². The average Bonchev–Trinajstić information content (AvgIpc) is 3.10. The molecule has 0 saturated carbocycles. The standard InChI is InChI=1S/C20H26N4O3/c1-23-18(4-9-22-23)19(25)24-14-20(15-24)12-16(6-11-27-20)5-10-26-13-17-2-7-21-8-3-17/h2-4,7-9,16H,5-6,10-15H2,1H3. The van der Waals surface area contributed by atoms with Gasteiger partial charge in [-0.25, -0.2) is 0 Å². The van der Waals surface area contributed by atoms with Gasteiger partial charge in [-0.15, -0.1) is 0 Å². The third-order valence-corrected chi connectivity index (χ3v) is 5.57. The van der Waals surface area contributed by atoms with Crippen molar-refractivity contribution in [2.75, 3.05) is 26.3 Å². The van der Waals surface area contributed by atoms with E-state index in [9.17, 15) is 4.79 Å². The average molecular weight is 370 g/mol. The summed E-state index contributed by atoms with van der Waals surface area (Å²) >= 11 is 0. The lowest BCUT2D eigenvalue weighted by Crippen LogP contribution is -2.66. The minimum Gasteiger partial charge on any atom is -0.377 e. The first-order valence-corrected chi connectivity index (χ1v) is 9.53. The van der Waals surface area contributed by atoms with Crippen LogP contribution in [0.5, 0.6) is 0 Å². The summed E-state index contributed by atoms with van der Waals surface area (Å²) in [4.78, 5) is 18.4. The number of likely N-dealkylation sites (tertiary alicyclic amines) is 1. The largest absolute Gasteiger partial charge is 0.377 e. The third-order valence-electron chi connectivity index (χ3n) is 5.57. The van der Waals surface area contributed by atoms with Gasteiger partial charge in [-0.05, 0) is 48.9 Å². The molecule has 144 valence electrons. The van der Waals surface area contributed by atoms with Crippen LogP contribution in [0.3, 0.4) is 0 Å². The number of rotatable bonds is 6. The summed E-state index contributed by atoms with van der Waals surface area (Å²) in [5.74, 6) is 0.622. The minimum absolute atomic E-state index is 0.0343. The molecule has 1 spiro atoms. The van der Waals surface area contributed by atoms with E-state index in [4.69, 9.17) is 9.47 Å². The number of amides is 1. The fourth-order valence-electron chi connectivity index (χ4n) is 4.05. The van der Waals surface area contributed by atoms with Crippen LogP contribution < -0.4 is 0 Å². The van der Waals surface area contributed by atoms with Crippen LogP contribution in [0.1, 0.15) is 35.3 Å². The van der Waals surface area contributed by atoms with Gasteiger partial charge in [0.2, 0.25) is 0 Å². The number of hydrogen-bond donors (Lipinski definition) is 0. The summed E-state index contributed by atoms with van der Waals surface area (Å²) in [5.41, 5.74) is 1.61. The van der Waals surface area contributed by atoms with Gasteiger partial charge in [0.1, 0.15) is 11.3 Å². The number of ether oxygens (including phenoxy) is 2. The van der Waals surface area contributed by atoms with Gasteiger partial charge >= 0.3 is 0 Å². The van der Waals surface area contributed by atoms with Crippen molar-refractivity contribution in [2.45, 2.75) is 31.5 Å². The van der Waals surface area contributed by atoms with Gasteiger partial charge in [0.15, 0.2) is 0 Å². The molecule has 0 N–H and O–H groups in total. The van der Waals surface area contributed by atoms with Gasteiger partial charge < -0.3 is 14.4 Å². The van der Waals surface area contributed by atoms with E-state index in [2.05, 4.69) is 10.1 Å². The summed E-state index contributed by atoms with van der Waals surface area (Å²) in [5, 5.41) is 4.08. The second kappa shape index (κ2) is 7.78. The molecule has 2 aromatic heterocycles. The second-order valence-corrected chi connectivity index (χ2v) is 7.59. The van der Waals surface area contributed by atoms with Crippen LogP contribution in [0.15, 0.2) is 36.8 Å². The monoisotopic (exact) mass is 370 g/mol. The SMILES string of the molecule is Cn1nccc1C(=O)N1CC2(CC(CCOCc3ccncc3)CCO2)C1. The Morgan fingerprint density at radius 2 is 2.11 bits per heavy atom. The van der Waals surface area contributed by atoms with Crippen LogP contribution in [-0.2, 0) is 23.1 Å². The van der Waals surface area contributed by atoms with Crippen LogP contribution in [-0.4, -0.2) is 57.5 Å². The normalized spacial score (nSPS) is 21.2. The predicted molar refractivity (Wildman–Crippen MR) is 99.0 cm³/mol. The Kier molecular flexibility index (Phi) is 5.22. The van der Waals surface area contributed by atoms with E-state index < -0.39 is 0 Å². The molecule has 1 unspecified atom stereocenters. The zero-order chi connectivity index (χ0) is 18.7. The van der Waals surface area contributed by atoms with Crippen molar-refractivity contribution in [1.29, 1.82) is 0 Å². The Morgan fingerprint density at radius 3 is 2.85 bits per heavy atom. The second-order valence-electron chi connectivity index (χ2n) is 7.59. The fraction of sp³-hybridized carbons (Fsp3) is 0.550. The van der Waals surface area contributed by atoms with E-state index >= 15 is 0 Å². The highest BCUT2D eigenvalue weighted by molar-refractivity contribution is 5.93. The Balaban J connectivity index is 1.22. The molecule has 0 bridgehead atoms. The summed E-state index contributed by atoms with van der Waals surface area (Å²) < 4.78 is 13.5. The van der Waals surface area contributed by atoms with Crippen molar-refractivity contribution < 1.29 is 14.3 Å². The molecule has 2 aromatic rings. The Bertz CT molecular complexity index is 771. The topological polar surface area (TPSA) is 69.5 Å². The van der Waals surface area contributed by atoms with Gasteiger partial charge in [0.05, 0.1) is 19.7 Å². The van der Waals surface area contributed by atoms with Crippen LogP contribution in [0.2, 0.25) is 0 Å². The molecule has 0 aliphatic carbocycles. The lowest BCUT2D eigenvalue weighted by atomic mass is 9.79. The molecular formula is C20H26N4O3. The van der Waals surface area contributed by atoms with Crippen molar-refractivity contribution in [3.63, 3.8) is 0 Å². The number of aromatic nitrogens is 3. The lowest BCUT2D eigenvalue weighted by Gasteiger charge is -2.53. The van der Waals surface area contributed by atoms with Crippen molar-refractivity contribution in [3.8, 4) is 0 Å². The number of aryl methyl sites for hydroxylation is 1. The Morgan fingerprint density at radius 1 is 1.30 bits per heavy atom. The van der Waals surface area contributed by atoms with Gasteiger partial charge in [0, 0.05) is 38.9 Å². The van der Waals surface area contributed by atoms with E-state index in [0.29, 0.717) is 31.3 Å². The van der Waals surface area contributed by atoms with Crippen LogP contribution in [0, 0.1) is 5.92 Å². The lowest BCUT2D eigenvalue weighted by molar-refractivity contribution is -0.167. The first-order chi connectivity index (χ1) is 13.2. The molecule has 7 heteroatoms. The number of nitrogens with zero attached hydrogens (tertiary/aromatic N) is 4. The highest BCUT2D eigenvalue weighted by Gasteiger charge is 2.49. The van der Waals surface area contributed by atoms with Crippen LogP contribution >= 0.6 is 0 Å². The zero-order valence-corrected chi connectivity index (χ0v) is 15.7. The number of carbonyl (C=O) groups is 1. The van der Waals surface area contributed by atoms with Crippen LogP contribution in [0.4, 0.5) is 0 Å². The van der Waals surface area contributed by atoms with Gasteiger partial charge in [0.25, 0.3) is 5.91 Å². The molecule has 7 nitrogen and oxygen atoms in total. The van der Waals surface area contributed by atoms with Gasteiger partial charge in [-0.2, -0.15) is 5.10 Å². The van der Waals surface area contributed by atoms with Crippen molar-refractivity contribution in [2.24, 2.45) is 13.0 Å². The smallest absolute Gasteiger partial charge is 0.272 e. The van der Waals surface area contributed by atoms with E-state index in [-0.39, 0.29) is 11.5 Å². The van der Waals surface area contributed by atoms with Crippen LogP contribution in [0.25, 0.3) is 0 Å². The molecule has 4 heterocycles. The molecule has 0 aromatic carbocycles. The van der Waals surface area contributed by atoms with Crippen molar-refractivity contribution >= 4 is 5.91 Å². The predicted octanol–water partition coefficient (Wildman–Crippen LogP) is 2.04. The number of carbonyl (C=O) groups excluding carboxylic acids is 1. The van der Waals surface area contributed by atoms with E-state index in [1.165, 1.54) is 0 Å². The minimum atomic E-state index is -0.164. The molecule has 2 fully saturated rings. The van der Waals surface area contributed by atoms with Gasteiger partial charge in [-0.1, -0.05) is 0 Å². The molecule has 1 amide bonds. The fourth-order valence-corrected chi connectivity index (χ4v) is 4.05. The first-order valence-electron chi connectivity index (χ1n) is 9.53. The maximum atomic E-state index is 12.5. The van der Waals surface area contributed by atoms with E-state index in [0.717, 1.165) is 38.0 Å². The molecule has 2 aliphatic rings. The summed E-state index contributed by atoms with van der Waals surface area (Å²) in [7, 11) is 1.79. The summed E-state index contributed by atoms with van der Waals surface area (Å²) in [6.07, 6.45) is 8.33. The quantitative estimate of drug-likeness (QED) is 0.728. The van der Waals surface area contributed by atoms with E-state index in [1.54, 1.807) is 36.4 Å². The number of hydrogen-bond acceptors (Lipinski definition) is 5. The molecule has 2 aliphatic heterocycles. The molecular weight excluding hydrogens is 344 g/mol. The molecule has 4 rings (SSSR count). The van der Waals surface area contributed by atoms with Crippen molar-refractivity contribution in [1.82, 2.24) is 19.7 Å².